The molecule has 4 nitrogen and oxygen atoms in total. The first-order valence-electron chi connectivity index (χ1n) is 4.72. The minimum absolute atomic E-state index is 0.0804. The fourth-order valence-electron chi connectivity index (χ4n) is 1.27. The smallest absolute Gasteiger partial charge is 0.311 e. The highest BCUT2D eigenvalue weighted by Crippen LogP contribution is 2.29. The van der Waals surface area contributed by atoms with Crippen LogP contribution in [0.5, 0.6) is 0 Å². The van der Waals surface area contributed by atoms with Crippen LogP contribution >= 0.6 is 15.9 Å². The van der Waals surface area contributed by atoms with Crippen molar-refractivity contribution in [3.63, 3.8) is 0 Å². The molecule has 0 radical (unpaired) electrons. The number of rotatable bonds is 4. The molecule has 0 aliphatic rings. The Morgan fingerprint density at radius 3 is 2.76 bits per heavy atom. The lowest BCUT2D eigenvalue weighted by Crippen LogP contribution is -2.10. The molecule has 0 aliphatic heterocycles. The lowest BCUT2D eigenvalue weighted by Gasteiger charge is -2.10. The predicted molar refractivity (Wildman–Crippen MR) is 60.5 cm³/mol. The number of hydrogen-bond donors (Lipinski definition) is 1. The highest BCUT2D eigenvalue weighted by Gasteiger charge is 2.18. The van der Waals surface area contributed by atoms with E-state index in [2.05, 4.69) is 25.7 Å². The van der Waals surface area contributed by atoms with Crippen LogP contribution in [-0.2, 0) is 22.5 Å². The van der Waals surface area contributed by atoms with Gasteiger partial charge in [0.1, 0.15) is 5.69 Å². The van der Waals surface area contributed by atoms with Crippen molar-refractivity contribution >= 4 is 21.9 Å². The van der Waals surface area contributed by atoms with Crippen LogP contribution in [-0.4, -0.2) is 18.1 Å². The molecular weight excluding hydrogens is 298 g/mol. The molecule has 0 bridgehead atoms. The third-order valence-electron chi connectivity index (χ3n) is 2.09. The minimum Gasteiger partial charge on any atom is -0.469 e. The van der Waals surface area contributed by atoms with E-state index < -0.39 is 18.1 Å². The van der Waals surface area contributed by atoms with Crippen LogP contribution in [0.4, 0.5) is 8.78 Å². The van der Waals surface area contributed by atoms with Gasteiger partial charge in [0.05, 0.1) is 19.2 Å². The second-order valence-corrected chi connectivity index (χ2v) is 4.02. The summed E-state index contributed by atoms with van der Waals surface area (Å²) >= 11 is 3.02. The average molecular weight is 309 g/mol. The number of hydrogen-bond acceptors (Lipinski definition) is 4. The van der Waals surface area contributed by atoms with Crippen molar-refractivity contribution in [2.45, 2.75) is 19.4 Å². The number of ether oxygens (including phenoxy) is 1. The summed E-state index contributed by atoms with van der Waals surface area (Å²) < 4.78 is 30.0. The van der Waals surface area contributed by atoms with E-state index in [4.69, 9.17) is 5.73 Å². The molecule has 0 saturated carbocycles. The zero-order chi connectivity index (χ0) is 13.0. The Morgan fingerprint density at radius 1 is 1.65 bits per heavy atom. The van der Waals surface area contributed by atoms with Gasteiger partial charge in [-0.1, -0.05) is 0 Å². The molecule has 2 N–H and O–H groups in total. The molecule has 94 valence electrons. The van der Waals surface area contributed by atoms with Crippen LogP contribution in [0.15, 0.2) is 10.5 Å². The van der Waals surface area contributed by atoms with E-state index in [1.165, 1.54) is 13.2 Å². The third-order valence-corrected chi connectivity index (χ3v) is 3.01. The minimum atomic E-state index is -2.73. The maximum atomic E-state index is 12.7. The monoisotopic (exact) mass is 308 g/mol. The Kier molecular flexibility index (Phi) is 4.95. The molecule has 1 rings (SSSR count). The van der Waals surface area contributed by atoms with Gasteiger partial charge in [0.15, 0.2) is 0 Å². The van der Waals surface area contributed by atoms with Gasteiger partial charge in [-0.15, -0.1) is 0 Å². The summed E-state index contributed by atoms with van der Waals surface area (Å²) in [5.41, 5.74) is 5.72. The third kappa shape index (κ3) is 3.44. The van der Waals surface area contributed by atoms with E-state index in [1.807, 2.05) is 0 Å². The molecule has 0 spiro atoms. The fourth-order valence-corrected chi connectivity index (χ4v) is 1.81. The van der Waals surface area contributed by atoms with E-state index in [1.54, 1.807) is 0 Å². The molecule has 0 aromatic carbocycles. The summed E-state index contributed by atoms with van der Waals surface area (Å²) in [5.74, 6) is -0.539. The zero-order valence-corrected chi connectivity index (χ0v) is 10.6. The Balaban J connectivity index is 3.15. The van der Waals surface area contributed by atoms with Crippen LogP contribution in [0.2, 0.25) is 0 Å². The largest absolute Gasteiger partial charge is 0.469 e. The van der Waals surface area contributed by atoms with Crippen LogP contribution in [0, 0.1) is 0 Å². The molecule has 0 atom stereocenters. The van der Waals surface area contributed by atoms with Gasteiger partial charge in [0, 0.05) is 11.0 Å². The number of alkyl halides is 2. The van der Waals surface area contributed by atoms with E-state index in [0.29, 0.717) is 5.56 Å². The molecule has 0 unspecified atom stereocenters. The number of carbonyl (C=O) groups is 1. The van der Waals surface area contributed by atoms with Gasteiger partial charge in [-0.2, -0.15) is 0 Å². The van der Waals surface area contributed by atoms with Crippen molar-refractivity contribution in [1.82, 2.24) is 4.98 Å². The Morgan fingerprint density at radius 2 is 2.29 bits per heavy atom. The van der Waals surface area contributed by atoms with Gasteiger partial charge in [-0.3, -0.25) is 9.78 Å². The number of aromatic nitrogens is 1. The van der Waals surface area contributed by atoms with Gasteiger partial charge in [0.2, 0.25) is 0 Å². The molecule has 17 heavy (non-hydrogen) atoms. The average Bonchev–Trinajstić information content (AvgIpc) is 2.30. The van der Waals surface area contributed by atoms with Crippen molar-refractivity contribution in [2.24, 2.45) is 5.73 Å². The van der Waals surface area contributed by atoms with Crippen molar-refractivity contribution in [1.29, 1.82) is 0 Å². The van der Waals surface area contributed by atoms with E-state index in [-0.39, 0.29) is 23.1 Å². The van der Waals surface area contributed by atoms with Crippen molar-refractivity contribution in [3.05, 3.63) is 27.5 Å². The van der Waals surface area contributed by atoms with Crippen molar-refractivity contribution in [3.8, 4) is 0 Å². The standard InChI is InChI=1S/C10H11BrF2N2O2/c1-17-7(16)3-6-2-5(4-14)8(11)9(15-6)10(12)13/h2,10H,3-4,14H2,1H3. The molecule has 0 aliphatic carbocycles. The van der Waals surface area contributed by atoms with Gasteiger partial charge in [0.25, 0.3) is 6.43 Å². The van der Waals surface area contributed by atoms with E-state index in [0.717, 1.165) is 0 Å². The second kappa shape index (κ2) is 6.02. The number of methoxy groups -OCH3 is 1. The predicted octanol–water partition coefficient (Wildman–Crippen LogP) is 1.96. The Hall–Kier alpha value is -1.08. The van der Waals surface area contributed by atoms with Crippen LogP contribution in [0.1, 0.15) is 23.4 Å². The molecule has 1 aromatic heterocycles. The lowest BCUT2D eigenvalue weighted by molar-refractivity contribution is -0.139. The quantitative estimate of drug-likeness (QED) is 0.864. The van der Waals surface area contributed by atoms with Gasteiger partial charge in [-0.05, 0) is 27.6 Å². The lowest BCUT2D eigenvalue weighted by atomic mass is 10.1. The van der Waals surface area contributed by atoms with E-state index >= 15 is 0 Å². The van der Waals surface area contributed by atoms with Crippen LogP contribution in [0.3, 0.4) is 0 Å². The zero-order valence-electron chi connectivity index (χ0n) is 9.04. The number of esters is 1. The Labute approximate surface area is 105 Å². The summed E-state index contributed by atoms with van der Waals surface area (Å²) in [6.07, 6.45) is -2.89. The van der Waals surface area contributed by atoms with E-state index in [9.17, 15) is 13.6 Å². The number of nitrogens with two attached hydrogens (primary N) is 1. The first kappa shape index (κ1) is 14.0. The second-order valence-electron chi connectivity index (χ2n) is 3.23. The topological polar surface area (TPSA) is 65.2 Å². The molecular formula is C10H11BrF2N2O2. The maximum absolute atomic E-state index is 12.7. The summed E-state index contributed by atoms with van der Waals surface area (Å²) in [4.78, 5) is 14.8. The van der Waals surface area contributed by atoms with Crippen molar-refractivity contribution in [2.75, 3.05) is 7.11 Å². The molecule has 0 amide bonds. The summed E-state index contributed by atoms with van der Waals surface area (Å²) in [6.45, 7) is 0.0804. The van der Waals surface area contributed by atoms with Gasteiger partial charge < -0.3 is 10.5 Å². The fraction of sp³-hybridized carbons (Fsp3) is 0.400. The molecule has 1 aromatic rings. The Bertz CT molecular complexity index is 427. The molecule has 0 fully saturated rings. The summed E-state index contributed by atoms with van der Waals surface area (Å²) in [7, 11) is 1.22. The molecule has 7 heteroatoms. The summed E-state index contributed by atoms with van der Waals surface area (Å²) in [5, 5.41) is 0. The highest BCUT2D eigenvalue weighted by atomic mass is 79.9. The van der Waals surface area contributed by atoms with Crippen LogP contribution in [0.25, 0.3) is 0 Å². The van der Waals surface area contributed by atoms with Gasteiger partial charge in [-0.25, -0.2) is 8.78 Å². The number of nitrogens with zero attached hydrogens (tertiary/aromatic N) is 1. The van der Waals surface area contributed by atoms with Gasteiger partial charge >= 0.3 is 5.97 Å². The highest BCUT2D eigenvalue weighted by molar-refractivity contribution is 9.10. The first-order valence-corrected chi connectivity index (χ1v) is 5.52. The number of carbonyl (C=O) groups excluding carboxylic acids is 1. The summed E-state index contributed by atoms with van der Waals surface area (Å²) in [6, 6.07) is 1.51. The maximum Gasteiger partial charge on any atom is 0.311 e. The molecule has 0 saturated heterocycles. The first-order chi connectivity index (χ1) is 7.99. The molecule has 1 heterocycles. The normalized spacial score (nSPS) is 10.7. The van der Waals surface area contributed by atoms with Crippen LogP contribution < -0.4 is 5.73 Å². The number of pyridine rings is 1. The van der Waals surface area contributed by atoms with Crippen molar-refractivity contribution < 1.29 is 18.3 Å². The SMILES string of the molecule is COC(=O)Cc1cc(CN)c(Br)c(C(F)F)n1. The number of halogens is 3.